The molecule has 0 N–H and O–H groups in total. The van der Waals surface area contributed by atoms with Crippen LogP contribution in [0.25, 0.3) is 6.08 Å². The lowest BCUT2D eigenvalue weighted by atomic mass is 10.1. The maximum Gasteiger partial charge on any atom is 0.329 e. The van der Waals surface area contributed by atoms with Crippen LogP contribution >= 0.6 is 11.6 Å². The van der Waals surface area contributed by atoms with Crippen LogP contribution in [-0.2, 0) is 4.79 Å². The van der Waals surface area contributed by atoms with E-state index in [4.69, 9.17) is 25.8 Å². The summed E-state index contributed by atoms with van der Waals surface area (Å²) in [5, 5.41) is -0.765. The first-order valence-corrected chi connectivity index (χ1v) is 7.99. The van der Waals surface area contributed by atoms with Crippen LogP contribution in [0, 0.1) is 0 Å². The third-order valence-corrected chi connectivity index (χ3v) is 3.75. The van der Waals surface area contributed by atoms with Crippen LogP contribution in [0.4, 0.5) is 0 Å². The van der Waals surface area contributed by atoms with Gasteiger partial charge in [0, 0.05) is 6.07 Å². The molecule has 0 saturated carbocycles. The van der Waals surface area contributed by atoms with Gasteiger partial charge in [-0.2, -0.15) is 0 Å². The highest BCUT2D eigenvalue weighted by atomic mass is 35.5. The van der Waals surface area contributed by atoms with Gasteiger partial charge in [0.15, 0.2) is 5.76 Å². The lowest BCUT2D eigenvalue weighted by molar-refractivity contribution is -0.133. The molecule has 25 heavy (non-hydrogen) atoms. The fraction of sp³-hybridized carbons (Fsp3) is 0.158. The van der Waals surface area contributed by atoms with E-state index < -0.39 is 11.3 Å². The summed E-state index contributed by atoms with van der Waals surface area (Å²) in [6, 6.07) is 11.9. The van der Waals surface area contributed by atoms with Crippen LogP contribution in [0.1, 0.15) is 22.8 Å². The lowest BCUT2D eigenvalue weighted by Crippen LogP contribution is -2.17. The molecule has 0 aromatic heterocycles. The molecular formula is C19H15ClO5. The number of rotatable bonds is 4. The minimum Gasteiger partial charge on any atom is -0.497 e. The number of hydrogen-bond donors (Lipinski definition) is 0. The van der Waals surface area contributed by atoms with E-state index in [9.17, 15) is 9.59 Å². The summed E-state index contributed by atoms with van der Waals surface area (Å²) < 4.78 is 15.9. The molecule has 0 amide bonds. The molecule has 0 spiro atoms. The van der Waals surface area contributed by atoms with Crippen molar-refractivity contribution in [1.82, 2.24) is 0 Å². The molecule has 1 heterocycles. The smallest absolute Gasteiger partial charge is 0.329 e. The Morgan fingerprint density at radius 1 is 1.20 bits per heavy atom. The molecule has 0 bridgehead atoms. The van der Waals surface area contributed by atoms with Crippen molar-refractivity contribution in [3.63, 3.8) is 0 Å². The number of allylic oxidation sites excluding steroid dienone is 1. The quantitative estimate of drug-likeness (QED) is 0.359. The minimum absolute atomic E-state index is 0.192. The van der Waals surface area contributed by atoms with Gasteiger partial charge < -0.3 is 14.2 Å². The van der Waals surface area contributed by atoms with Crippen molar-refractivity contribution >= 4 is 29.4 Å². The van der Waals surface area contributed by atoms with Crippen LogP contribution in [0.15, 0.2) is 48.2 Å². The van der Waals surface area contributed by atoms with E-state index in [1.165, 1.54) is 19.1 Å². The molecule has 1 aliphatic rings. The number of methoxy groups -OCH3 is 1. The van der Waals surface area contributed by atoms with Gasteiger partial charge in [-0.25, -0.2) is 0 Å². The first-order valence-electron chi connectivity index (χ1n) is 7.56. The SMILES string of the molecule is COc1cccc(/C=C2\Oc3cc(OC(=O)C(C)Cl)ccc3C2=O)c1. The Hall–Kier alpha value is -2.79. The van der Waals surface area contributed by atoms with Gasteiger partial charge in [-0.3, -0.25) is 9.59 Å². The second-order valence-electron chi connectivity index (χ2n) is 5.41. The van der Waals surface area contributed by atoms with Crippen molar-refractivity contribution in [3.05, 3.63) is 59.4 Å². The Labute approximate surface area is 149 Å². The highest BCUT2D eigenvalue weighted by Gasteiger charge is 2.28. The number of Topliss-reactive ketones (excluding diaryl/α,β-unsaturated/α-hetero) is 1. The van der Waals surface area contributed by atoms with Gasteiger partial charge in [-0.1, -0.05) is 12.1 Å². The van der Waals surface area contributed by atoms with E-state index >= 15 is 0 Å². The molecule has 0 radical (unpaired) electrons. The van der Waals surface area contributed by atoms with Gasteiger partial charge in [0.05, 0.1) is 12.7 Å². The molecule has 5 nitrogen and oxygen atoms in total. The van der Waals surface area contributed by atoms with Crippen LogP contribution in [0.5, 0.6) is 17.2 Å². The van der Waals surface area contributed by atoms with E-state index in [2.05, 4.69) is 0 Å². The second-order valence-corrected chi connectivity index (χ2v) is 6.07. The number of fused-ring (bicyclic) bond motifs is 1. The van der Waals surface area contributed by atoms with Gasteiger partial charge in [0.25, 0.3) is 0 Å². The Morgan fingerprint density at radius 3 is 2.72 bits per heavy atom. The van der Waals surface area contributed by atoms with Crippen molar-refractivity contribution in [2.75, 3.05) is 7.11 Å². The van der Waals surface area contributed by atoms with Gasteiger partial charge in [0.2, 0.25) is 5.78 Å². The number of carbonyl (C=O) groups excluding carboxylic acids is 2. The largest absolute Gasteiger partial charge is 0.497 e. The van der Waals surface area contributed by atoms with Crippen molar-refractivity contribution < 1.29 is 23.8 Å². The summed E-state index contributed by atoms with van der Waals surface area (Å²) in [5.74, 6) is 0.678. The molecule has 2 aromatic rings. The highest BCUT2D eigenvalue weighted by molar-refractivity contribution is 6.29. The van der Waals surface area contributed by atoms with Gasteiger partial charge >= 0.3 is 5.97 Å². The topological polar surface area (TPSA) is 61.8 Å². The molecule has 1 atom stereocenters. The average Bonchev–Trinajstić information content (AvgIpc) is 2.90. The van der Waals surface area contributed by atoms with Gasteiger partial charge in [-0.05, 0) is 42.8 Å². The normalized spacial score (nSPS) is 15.5. The standard InChI is InChI=1S/C19H15ClO5/c1-11(20)19(22)24-14-6-7-15-16(10-14)25-17(18(15)21)9-12-4-3-5-13(8-12)23-2/h3-11H,1-2H3/b17-9-. The maximum absolute atomic E-state index is 12.4. The molecule has 1 unspecified atom stereocenters. The van der Waals surface area contributed by atoms with Crippen LogP contribution < -0.4 is 14.2 Å². The second kappa shape index (κ2) is 6.99. The Kier molecular flexibility index (Phi) is 4.76. The van der Waals surface area contributed by atoms with Crippen LogP contribution in [0.3, 0.4) is 0 Å². The zero-order chi connectivity index (χ0) is 18.0. The van der Waals surface area contributed by atoms with E-state index in [1.807, 2.05) is 18.2 Å². The van der Waals surface area contributed by atoms with E-state index in [-0.39, 0.29) is 17.3 Å². The van der Waals surface area contributed by atoms with Gasteiger partial charge in [-0.15, -0.1) is 11.6 Å². The Bertz CT molecular complexity index is 870. The molecule has 0 aliphatic carbocycles. The molecule has 0 saturated heterocycles. The predicted octanol–water partition coefficient (Wildman–Crippen LogP) is 3.84. The molecule has 128 valence electrons. The van der Waals surface area contributed by atoms with Crippen molar-refractivity contribution in [1.29, 1.82) is 0 Å². The van der Waals surface area contributed by atoms with E-state index in [0.717, 1.165) is 5.56 Å². The van der Waals surface area contributed by atoms with Crippen molar-refractivity contribution in [2.45, 2.75) is 12.3 Å². The van der Waals surface area contributed by atoms with Crippen LogP contribution in [0.2, 0.25) is 0 Å². The van der Waals surface area contributed by atoms with Gasteiger partial charge in [0.1, 0.15) is 22.6 Å². The third-order valence-electron chi connectivity index (χ3n) is 3.58. The van der Waals surface area contributed by atoms with E-state index in [0.29, 0.717) is 17.1 Å². The molecule has 1 aliphatic heterocycles. The first kappa shape index (κ1) is 17.0. The molecule has 6 heteroatoms. The number of benzene rings is 2. The molecule has 3 rings (SSSR count). The summed E-state index contributed by atoms with van der Waals surface area (Å²) in [6.07, 6.45) is 1.64. The fourth-order valence-corrected chi connectivity index (χ4v) is 2.36. The average molecular weight is 359 g/mol. The first-order chi connectivity index (χ1) is 12.0. The number of carbonyl (C=O) groups is 2. The summed E-state index contributed by atoms with van der Waals surface area (Å²) in [6.45, 7) is 1.52. The minimum atomic E-state index is -0.765. The summed E-state index contributed by atoms with van der Waals surface area (Å²) in [7, 11) is 1.57. The fourth-order valence-electron chi connectivity index (χ4n) is 2.31. The summed E-state index contributed by atoms with van der Waals surface area (Å²) >= 11 is 5.68. The monoisotopic (exact) mass is 358 g/mol. The van der Waals surface area contributed by atoms with E-state index in [1.54, 1.807) is 25.3 Å². The predicted molar refractivity (Wildman–Crippen MR) is 93.3 cm³/mol. The molecule has 2 aromatic carbocycles. The zero-order valence-electron chi connectivity index (χ0n) is 13.6. The Balaban J connectivity index is 1.85. The summed E-state index contributed by atoms with van der Waals surface area (Å²) in [4.78, 5) is 24.0. The maximum atomic E-state index is 12.4. The number of ketones is 1. The zero-order valence-corrected chi connectivity index (χ0v) is 14.4. The van der Waals surface area contributed by atoms with Crippen LogP contribution in [-0.4, -0.2) is 24.2 Å². The highest BCUT2D eigenvalue weighted by Crippen LogP contribution is 2.35. The number of hydrogen-bond acceptors (Lipinski definition) is 5. The third kappa shape index (κ3) is 3.67. The summed E-state index contributed by atoms with van der Waals surface area (Å²) in [5.41, 5.74) is 1.19. The molecular weight excluding hydrogens is 344 g/mol. The number of alkyl halides is 1. The number of halogens is 1. The van der Waals surface area contributed by atoms with Crippen molar-refractivity contribution in [2.24, 2.45) is 0 Å². The Morgan fingerprint density at radius 2 is 2.00 bits per heavy atom. The number of esters is 1. The number of ether oxygens (including phenoxy) is 3. The molecule has 0 fully saturated rings. The lowest BCUT2D eigenvalue weighted by Gasteiger charge is -2.06. The van der Waals surface area contributed by atoms with Crippen molar-refractivity contribution in [3.8, 4) is 17.2 Å².